The Morgan fingerprint density at radius 3 is 2.87 bits per heavy atom. The van der Waals surface area contributed by atoms with Gasteiger partial charge in [0.25, 0.3) is 0 Å². The van der Waals surface area contributed by atoms with Gasteiger partial charge in [-0.05, 0) is 26.0 Å². The number of hydrogen-bond donors (Lipinski definition) is 2. The van der Waals surface area contributed by atoms with E-state index in [0.717, 1.165) is 5.56 Å². The first kappa shape index (κ1) is 16.8. The minimum Gasteiger partial charge on any atom is -0.489 e. The summed E-state index contributed by atoms with van der Waals surface area (Å²) in [5.74, 6) is 0.0779. The van der Waals surface area contributed by atoms with Crippen LogP contribution in [0.2, 0.25) is 0 Å². The van der Waals surface area contributed by atoms with E-state index in [9.17, 15) is 9.18 Å². The van der Waals surface area contributed by atoms with Crippen molar-refractivity contribution >= 4 is 6.03 Å². The van der Waals surface area contributed by atoms with E-state index in [1.165, 1.54) is 12.1 Å². The Bertz CT molecular complexity index is 659. The fourth-order valence-electron chi connectivity index (χ4n) is 2.05. The number of carbonyl (C=O) groups excluding carboxylic acids is 1. The number of aryl methyl sites for hydroxylation is 1. The average molecular weight is 320 g/mol. The van der Waals surface area contributed by atoms with Crippen molar-refractivity contribution < 1.29 is 13.9 Å². The molecule has 124 valence electrons. The zero-order valence-electron chi connectivity index (χ0n) is 13.4. The SMILES string of the molecule is CC(CNC(=O)NC(C)c1cnn(C)c1)Oc1cccc(F)c1. The molecular formula is C16H21FN4O2. The number of carbonyl (C=O) groups is 1. The Hall–Kier alpha value is -2.57. The maximum Gasteiger partial charge on any atom is 0.315 e. The molecule has 0 aliphatic carbocycles. The molecule has 1 aromatic carbocycles. The number of halogens is 1. The lowest BCUT2D eigenvalue weighted by atomic mass is 10.2. The number of aromatic nitrogens is 2. The van der Waals surface area contributed by atoms with Crippen LogP contribution in [0.5, 0.6) is 5.75 Å². The summed E-state index contributed by atoms with van der Waals surface area (Å²) in [6.45, 7) is 3.99. The van der Waals surface area contributed by atoms with E-state index in [0.29, 0.717) is 12.3 Å². The summed E-state index contributed by atoms with van der Waals surface area (Å²) in [6, 6.07) is 5.46. The van der Waals surface area contributed by atoms with Crippen molar-refractivity contribution in [1.29, 1.82) is 0 Å². The van der Waals surface area contributed by atoms with Gasteiger partial charge in [0, 0.05) is 24.9 Å². The van der Waals surface area contributed by atoms with E-state index in [1.54, 1.807) is 29.9 Å². The molecule has 23 heavy (non-hydrogen) atoms. The first-order valence-electron chi connectivity index (χ1n) is 7.39. The highest BCUT2D eigenvalue weighted by atomic mass is 19.1. The minimum atomic E-state index is -0.356. The van der Waals surface area contributed by atoms with Gasteiger partial charge in [0.1, 0.15) is 17.7 Å². The summed E-state index contributed by atoms with van der Waals surface area (Å²) in [4.78, 5) is 11.9. The fourth-order valence-corrected chi connectivity index (χ4v) is 2.05. The van der Waals surface area contributed by atoms with Gasteiger partial charge < -0.3 is 15.4 Å². The molecule has 2 N–H and O–H groups in total. The third-order valence-electron chi connectivity index (χ3n) is 3.26. The third kappa shape index (κ3) is 5.28. The van der Waals surface area contributed by atoms with Crippen LogP contribution >= 0.6 is 0 Å². The summed E-state index contributed by atoms with van der Waals surface area (Å²) in [6.07, 6.45) is 3.28. The second kappa shape index (κ2) is 7.62. The van der Waals surface area contributed by atoms with E-state index in [2.05, 4.69) is 15.7 Å². The predicted octanol–water partition coefficient (Wildman–Crippen LogP) is 2.39. The summed E-state index contributed by atoms with van der Waals surface area (Å²) >= 11 is 0. The van der Waals surface area contributed by atoms with E-state index in [-0.39, 0.29) is 24.0 Å². The van der Waals surface area contributed by atoms with Gasteiger partial charge in [0.2, 0.25) is 0 Å². The molecule has 2 unspecified atom stereocenters. The van der Waals surface area contributed by atoms with Crippen molar-refractivity contribution in [3.63, 3.8) is 0 Å². The van der Waals surface area contributed by atoms with Gasteiger partial charge in [-0.25, -0.2) is 9.18 Å². The van der Waals surface area contributed by atoms with Gasteiger partial charge in [-0.3, -0.25) is 4.68 Å². The molecule has 2 aromatic rings. The average Bonchev–Trinajstić information content (AvgIpc) is 2.92. The van der Waals surface area contributed by atoms with Crippen LogP contribution in [0.3, 0.4) is 0 Å². The number of nitrogens with zero attached hydrogens (tertiary/aromatic N) is 2. The molecule has 1 aromatic heterocycles. The highest BCUT2D eigenvalue weighted by molar-refractivity contribution is 5.74. The van der Waals surface area contributed by atoms with Crippen LogP contribution in [0.25, 0.3) is 0 Å². The Morgan fingerprint density at radius 2 is 2.22 bits per heavy atom. The smallest absolute Gasteiger partial charge is 0.315 e. The second-order valence-corrected chi connectivity index (χ2v) is 5.41. The van der Waals surface area contributed by atoms with Crippen molar-refractivity contribution in [3.8, 4) is 5.75 Å². The number of rotatable bonds is 6. The summed E-state index contributed by atoms with van der Waals surface area (Å²) in [7, 11) is 1.82. The number of nitrogens with one attached hydrogen (secondary N) is 2. The molecule has 0 fully saturated rings. The van der Waals surface area contributed by atoms with Crippen LogP contribution in [0.15, 0.2) is 36.7 Å². The normalized spacial score (nSPS) is 13.2. The Morgan fingerprint density at radius 1 is 1.43 bits per heavy atom. The van der Waals surface area contributed by atoms with Gasteiger partial charge in [-0.1, -0.05) is 6.07 Å². The molecule has 0 aliphatic heterocycles. The van der Waals surface area contributed by atoms with Gasteiger partial charge in [0.05, 0.1) is 18.8 Å². The molecule has 2 atom stereocenters. The molecule has 0 saturated heterocycles. The first-order valence-corrected chi connectivity index (χ1v) is 7.39. The molecule has 6 nitrogen and oxygen atoms in total. The standard InChI is InChI=1S/C16H21FN4O2/c1-11(23-15-6-4-5-14(17)7-15)8-18-16(22)20-12(2)13-9-19-21(3)10-13/h4-7,9-12H,8H2,1-3H3,(H2,18,20,22). The van der Waals surface area contributed by atoms with Crippen LogP contribution in [0.4, 0.5) is 9.18 Å². The first-order chi connectivity index (χ1) is 10.9. The largest absolute Gasteiger partial charge is 0.489 e. The zero-order chi connectivity index (χ0) is 16.8. The zero-order valence-corrected chi connectivity index (χ0v) is 13.4. The molecule has 7 heteroatoms. The van der Waals surface area contributed by atoms with E-state index in [1.807, 2.05) is 20.2 Å². The van der Waals surface area contributed by atoms with Crippen molar-refractivity contribution in [2.24, 2.45) is 7.05 Å². The highest BCUT2D eigenvalue weighted by Gasteiger charge is 2.12. The Labute approximate surface area is 134 Å². The number of urea groups is 1. The molecule has 0 radical (unpaired) electrons. The van der Waals surface area contributed by atoms with Crippen LogP contribution in [0, 0.1) is 5.82 Å². The third-order valence-corrected chi connectivity index (χ3v) is 3.26. The van der Waals surface area contributed by atoms with Gasteiger partial charge in [-0.15, -0.1) is 0 Å². The summed E-state index contributed by atoms with van der Waals surface area (Å²) < 4.78 is 20.3. The quantitative estimate of drug-likeness (QED) is 0.859. The lowest BCUT2D eigenvalue weighted by molar-refractivity contribution is 0.206. The van der Waals surface area contributed by atoms with E-state index >= 15 is 0 Å². The van der Waals surface area contributed by atoms with Gasteiger partial charge in [0.15, 0.2) is 0 Å². The fraction of sp³-hybridized carbons (Fsp3) is 0.375. The maximum atomic E-state index is 13.1. The topological polar surface area (TPSA) is 68.2 Å². The summed E-state index contributed by atoms with van der Waals surface area (Å²) in [5.41, 5.74) is 0.923. The molecule has 2 amide bonds. The molecule has 2 rings (SSSR count). The molecule has 0 bridgehead atoms. The van der Waals surface area contributed by atoms with Crippen LogP contribution in [-0.2, 0) is 7.05 Å². The molecule has 0 saturated carbocycles. The highest BCUT2D eigenvalue weighted by Crippen LogP contribution is 2.13. The Kier molecular flexibility index (Phi) is 5.56. The number of hydrogen-bond acceptors (Lipinski definition) is 3. The molecule has 0 spiro atoms. The maximum absolute atomic E-state index is 13.1. The molecule has 0 aliphatic rings. The van der Waals surface area contributed by atoms with Crippen molar-refractivity contribution in [2.75, 3.05) is 6.54 Å². The molecular weight excluding hydrogens is 299 g/mol. The minimum absolute atomic E-state index is 0.150. The van der Waals surface area contributed by atoms with E-state index in [4.69, 9.17) is 4.74 Å². The Balaban J connectivity index is 1.75. The predicted molar refractivity (Wildman–Crippen MR) is 84.6 cm³/mol. The lowest BCUT2D eigenvalue weighted by Gasteiger charge is -2.17. The van der Waals surface area contributed by atoms with Crippen LogP contribution in [0.1, 0.15) is 25.5 Å². The van der Waals surface area contributed by atoms with Crippen molar-refractivity contribution in [1.82, 2.24) is 20.4 Å². The van der Waals surface area contributed by atoms with Gasteiger partial charge >= 0.3 is 6.03 Å². The van der Waals surface area contributed by atoms with E-state index < -0.39 is 0 Å². The summed E-state index contributed by atoms with van der Waals surface area (Å²) in [5, 5.41) is 9.62. The van der Waals surface area contributed by atoms with Gasteiger partial charge in [-0.2, -0.15) is 5.10 Å². The number of benzene rings is 1. The van der Waals surface area contributed by atoms with Crippen molar-refractivity contribution in [3.05, 3.63) is 48.0 Å². The lowest BCUT2D eigenvalue weighted by Crippen LogP contribution is -2.41. The number of ether oxygens (including phenoxy) is 1. The van der Waals surface area contributed by atoms with Crippen LogP contribution < -0.4 is 15.4 Å². The molecule has 1 heterocycles. The van der Waals surface area contributed by atoms with Crippen LogP contribution in [-0.4, -0.2) is 28.5 Å². The second-order valence-electron chi connectivity index (χ2n) is 5.41. The van der Waals surface area contributed by atoms with Crippen molar-refractivity contribution in [2.45, 2.75) is 26.0 Å². The monoisotopic (exact) mass is 320 g/mol. The number of amides is 2.